The SMILES string of the molecule is CC(Oc1cc(-c2ccc3c(c2)CC(O)C3N)cnc1N)c1c(Cl)ccc(F)c1Cl. The maximum Gasteiger partial charge on any atom is 0.166 e. The van der Waals surface area contributed by atoms with Gasteiger partial charge in [-0.15, -0.1) is 0 Å². The number of nitrogens with two attached hydrogens (primary N) is 2. The first-order valence-electron chi connectivity index (χ1n) is 9.38. The lowest BCUT2D eigenvalue weighted by molar-refractivity contribution is 0.158. The minimum absolute atomic E-state index is 0.0915. The van der Waals surface area contributed by atoms with Gasteiger partial charge in [0, 0.05) is 28.8 Å². The molecule has 1 heterocycles. The van der Waals surface area contributed by atoms with Gasteiger partial charge in [-0.25, -0.2) is 9.37 Å². The average Bonchev–Trinajstić information content (AvgIpc) is 3.00. The average molecular weight is 448 g/mol. The van der Waals surface area contributed by atoms with E-state index in [-0.39, 0.29) is 16.9 Å². The van der Waals surface area contributed by atoms with Crippen LogP contribution in [0.4, 0.5) is 10.2 Å². The number of aliphatic hydroxyl groups excluding tert-OH is 1. The Morgan fingerprint density at radius 2 is 1.97 bits per heavy atom. The molecule has 156 valence electrons. The molecule has 1 aliphatic rings. The highest BCUT2D eigenvalue weighted by molar-refractivity contribution is 6.36. The second-order valence-electron chi connectivity index (χ2n) is 7.34. The fourth-order valence-corrected chi connectivity index (χ4v) is 4.40. The number of rotatable bonds is 4. The largest absolute Gasteiger partial charge is 0.482 e. The van der Waals surface area contributed by atoms with Crippen LogP contribution in [0.5, 0.6) is 5.75 Å². The first-order chi connectivity index (χ1) is 14.3. The van der Waals surface area contributed by atoms with Crippen molar-refractivity contribution in [2.75, 3.05) is 5.73 Å². The molecule has 1 aromatic heterocycles. The summed E-state index contributed by atoms with van der Waals surface area (Å²) < 4.78 is 19.8. The van der Waals surface area contributed by atoms with Crippen LogP contribution in [0.25, 0.3) is 11.1 Å². The number of hydrogen-bond acceptors (Lipinski definition) is 5. The van der Waals surface area contributed by atoms with Gasteiger partial charge in [-0.05, 0) is 41.8 Å². The molecular weight excluding hydrogens is 428 g/mol. The van der Waals surface area contributed by atoms with Crippen molar-refractivity contribution >= 4 is 29.0 Å². The summed E-state index contributed by atoms with van der Waals surface area (Å²) in [4.78, 5) is 4.23. The lowest BCUT2D eigenvalue weighted by Gasteiger charge is -2.19. The Kier molecular flexibility index (Phi) is 5.59. The molecule has 3 aromatic rings. The van der Waals surface area contributed by atoms with Crippen LogP contribution < -0.4 is 16.2 Å². The van der Waals surface area contributed by atoms with E-state index in [4.69, 9.17) is 39.4 Å². The first kappa shape index (κ1) is 20.9. The van der Waals surface area contributed by atoms with Gasteiger partial charge in [0.1, 0.15) is 11.9 Å². The number of halogens is 3. The smallest absolute Gasteiger partial charge is 0.166 e. The molecule has 0 amide bonds. The van der Waals surface area contributed by atoms with E-state index in [9.17, 15) is 9.50 Å². The maximum absolute atomic E-state index is 13.9. The van der Waals surface area contributed by atoms with Crippen molar-refractivity contribution < 1.29 is 14.2 Å². The van der Waals surface area contributed by atoms with E-state index in [1.165, 1.54) is 12.1 Å². The van der Waals surface area contributed by atoms with Crippen molar-refractivity contribution in [1.29, 1.82) is 0 Å². The Hall–Kier alpha value is -2.38. The van der Waals surface area contributed by atoms with Crippen molar-refractivity contribution in [2.45, 2.75) is 31.6 Å². The van der Waals surface area contributed by atoms with E-state index in [1.54, 1.807) is 19.2 Å². The zero-order valence-corrected chi connectivity index (χ0v) is 17.6. The highest BCUT2D eigenvalue weighted by Crippen LogP contribution is 2.38. The third-order valence-corrected chi connectivity index (χ3v) is 6.06. The normalized spacial score (nSPS) is 18.9. The van der Waals surface area contributed by atoms with Gasteiger partial charge in [0.05, 0.1) is 17.2 Å². The number of anilines is 1. The molecule has 5 nitrogen and oxygen atoms in total. The second kappa shape index (κ2) is 8.04. The van der Waals surface area contributed by atoms with E-state index < -0.39 is 18.0 Å². The van der Waals surface area contributed by atoms with E-state index >= 15 is 0 Å². The molecule has 0 bridgehead atoms. The van der Waals surface area contributed by atoms with Crippen LogP contribution in [-0.2, 0) is 6.42 Å². The van der Waals surface area contributed by atoms with E-state index in [2.05, 4.69) is 4.98 Å². The van der Waals surface area contributed by atoms with Crippen LogP contribution >= 0.6 is 23.2 Å². The molecule has 0 saturated carbocycles. The monoisotopic (exact) mass is 447 g/mol. The molecule has 2 aromatic carbocycles. The van der Waals surface area contributed by atoms with Crippen molar-refractivity contribution in [3.8, 4) is 16.9 Å². The Labute approximate surface area is 183 Å². The summed E-state index contributed by atoms with van der Waals surface area (Å²) >= 11 is 12.3. The standard InChI is InChI=1S/C22H20Cl2FN3O2/c1-10(19-15(23)4-5-16(25)20(19)24)30-18-8-13(9-28-22(18)27)11-2-3-14-12(6-11)7-17(29)21(14)26/h2-6,8-10,17,21,29H,7,26H2,1H3,(H2,27,28). The summed E-state index contributed by atoms with van der Waals surface area (Å²) in [6, 6.07) is 9.82. The van der Waals surface area contributed by atoms with Crippen LogP contribution in [0.1, 0.15) is 35.8 Å². The minimum Gasteiger partial charge on any atom is -0.482 e. The molecule has 0 saturated heterocycles. The van der Waals surface area contributed by atoms with Crippen molar-refractivity contribution in [3.05, 3.63) is 75.1 Å². The van der Waals surface area contributed by atoms with E-state index in [1.807, 2.05) is 18.2 Å². The third kappa shape index (κ3) is 3.72. The Morgan fingerprint density at radius 1 is 1.20 bits per heavy atom. The summed E-state index contributed by atoms with van der Waals surface area (Å²) in [5.41, 5.74) is 16.0. The first-order valence-corrected chi connectivity index (χ1v) is 10.1. The molecule has 1 aliphatic carbocycles. The highest BCUT2D eigenvalue weighted by atomic mass is 35.5. The summed E-state index contributed by atoms with van der Waals surface area (Å²) in [7, 11) is 0. The van der Waals surface area contributed by atoms with Gasteiger partial charge in [0.25, 0.3) is 0 Å². The van der Waals surface area contributed by atoms with Crippen LogP contribution in [-0.4, -0.2) is 16.2 Å². The number of benzene rings is 2. The molecule has 0 spiro atoms. The van der Waals surface area contributed by atoms with E-state index in [0.717, 1.165) is 22.3 Å². The number of nitrogen functional groups attached to an aromatic ring is 1. The highest BCUT2D eigenvalue weighted by Gasteiger charge is 2.28. The van der Waals surface area contributed by atoms with Gasteiger partial charge in [-0.2, -0.15) is 0 Å². The van der Waals surface area contributed by atoms with Gasteiger partial charge < -0.3 is 21.3 Å². The lowest BCUT2D eigenvalue weighted by Crippen LogP contribution is -2.21. The molecule has 0 aliphatic heterocycles. The quantitative estimate of drug-likeness (QED) is 0.497. The zero-order valence-electron chi connectivity index (χ0n) is 16.1. The number of ether oxygens (including phenoxy) is 1. The molecule has 0 fully saturated rings. The van der Waals surface area contributed by atoms with Gasteiger partial charge in [0.2, 0.25) is 0 Å². The van der Waals surface area contributed by atoms with Gasteiger partial charge >= 0.3 is 0 Å². The van der Waals surface area contributed by atoms with Gasteiger partial charge in [-0.1, -0.05) is 41.4 Å². The number of nitrogens with zero attached hydrogens (tertiary/aromatic N) is 1. The molecule has 3 unspecified atom stereocenters. The predicted octanol–water partition coefficient (Wildman–Crippen LogP) is 4.83. The number of aromatic nitrogens is 1. The minimum atomic E-state index is -0.659. The maximum atomic E-state index is 13.9. The van der Waals surface area contributed by atoms with Crippen LogP contribution in [0, 0.1) is 5.82 Å². The molecule has 3 atom stereocenters. The lowest BCUT2D eigenvalue weighted by atomic mass is 10.0. The Morgan fingerprint density at radius 3 is 2.73 bits per heavy atom. The molecule has 30 heavy (non-hydrogen) atoms. The molecular formula is C22H20Cl2FN3O2. The third-order valence-electron chi connectivity index (χ3n) is 5.35. The molecule has 0 radical (unpaired) electrons. The van der Waals surface area contributed by atoms with Gasteiger partial charge in [0.15, 0.2) is 11.6 Å². The van der Waals surface area contributed by atoms with Crippen molar-refractivity contribution in [3.63, 3.8) is 0 Å². The predicted molar refractivity (Wildman–Crippen MR) is 116 cm³/mol. The van der Waals surface area contributed by atoms with Crippen molar-refractivity contribution in [2.24, 2.45) is 5.73 Å². The molecule has 8 heteroatoms. The fraction of sp³-hybridized carbons (Fsp3) is 0.227. The number of hydrogen-bond donors (Lipinski definition) is 3. The summed E-state index contributed by atoms with van der Waals surface area (Å²) in [6.45, 7) is 1.71. The Bertz CT molecular complexity index is 1130. The summed E-state index contributed by atoms with van der Waals surface area (Å²) in [5, 5.41) is 10.2. The second-order valence-corrected chi connectivity index (χ2v) is 8.12. The van der Waals surface area contributed by atoms with E-state index in [0.29, 0.717) is 22.8 Å². The zero-order chi connectivity index (χ0) is 21.6. The Balaban J connectivity index is 1.65. The van der Waals surface area contributed by atoms with Crippen LogP contribution in [0.15, 0.2) is 42.6 Å². The van der Waals surface area contributed by atoms with Crippen LogP contribution in [0.2, 0.25) is 10.0 Å². The summed E-state index contributed by atoms with van der Waals surface area (Å²) in [5.74, 6) is -0.0635. The fourth-order valence-electron chi connectivity index (χ4n) is 3.72. The van der Waals surface area contributed by atoms with Gasteiger partial charge in [-0.3, -0.25) is 0 Å². The van der Waals surface area contributed by atoms with Crippen molar-refractivity contribution in [1.82, 2.24) is 4.98 Å². The molecule has 5 N–H and O–H groups in total. The number of aliphatic hydroxyl groups is 1. The number of fused-ring (bicyclic) bond motifs is 1. The number of pyridine rings is 1. The summed E-state index contributed by atoms with van der Waals surface area (Å²) in [6.07, 6.45) is 0.902. The van der Waals surface area contributed by atoms with Crippen LogP contribution in [0.3, 0.4) is 0 Å². The molecule has 4 rings (SSSR count). The topological polar surface area (TPSA) is 94.4 Å².